The Bertz CT molecular complexity index is 602. The quantitative estimate of drug-likeness (QED) is 0.779. The second-order valence-corrected chi connectivity index (χ2v) is 6.48. The van der Waals surface area contributed by atoms with E-state index in [0.29, 0.717) is 18.8 Å². The first-order valence-electron chi connectivity index (χ1n) is 8.77. The zero-order valence-corrected chi connectivity index (χ0v) is 14.2. The summed E-state index contributed by atoms with van der Waals surface area (Å²) in [5, 5.41) is 2.93. The van der Waals surface area contributed by atoms with Crippen LogP contribution in [0.3, 0.4) is 0 Å². The highest BCUT2D eigenvalue weighted by Crippen LogP contribution is 2.25. The van der Waals surface area contributed by atoms with E-state index in [1.807, 2.05) is 0 Å². The van der Waals surface area contributed by atoms with E-state index in [0.717, 1.165) is 39.3 Å². The number of rotatable bonds is 6. The second-order valence-electron chi connectivity index (χ2n) is 6.48. The van der Waals surface area contributed by atoms with E-state index in [4.69, 9.17) is 4.74 Å². The van der Waals surface area contributed by atoms with Crippen LogP contribution in [0.2, 0.25) is 0 Å². The number of nitrogens with zero attached hydrogens (tertiary/aromatic N) is 2. The van der Waals surface area contributed by atoms with Gasteiger partial charge in [0.15, 0.2) is 0 Å². The van der Waals surface area contributed by atoms with E-state index < -0.39 is 0 Å². The van der Waals surface area contributed by atoms with E-state index in [1.54, 1.807) is 17.0 Å². The lowest BCUT2D eigenvalue weighted by atomic mass is 10.1. The Kier molecular flexibility index (Phi) is 5.99. The van der Waals surface area contributed by atoms with E-state index >= 15 is 0 Å². The minimum atomic E-state index is -0.346. The largest absolute Gasteiger partial charge is 0.379 e. The lowest BCUT2D eigenvalue weighted by molar-refractivity contribution is -0.126. The topological polar surface area (TPSA) is 61.9 Å². The van der Waals surface area contributed by atoms with Crippen LogP contribution in [-0.2, 0) is 14.3 Å². The van der Waals surface area contributed by atoms with Gasteiger partial charge in [0.05, 0.1) is 19.1 Å². The molecule has 0 spiro atoms. The monoisotopic (exact) mass is 349 g/mol. The minimum Gasteiger partial charge on any atom is -0.379 e. The first-order valence-corrected chi connectivity index (χ1v) is 8.77. The number of halogens is 1. The van der Waals surface area contributed by atoms with Gasteiger partial charge in [-0.1, -0.05) is 0 Å². The molecule has 0 saturated carbocycles. The Balaban J connectivity index is 1.42. The Morgan fingerprint density at radius 1 is 1.24 bits per heavy atom. The van der Waals surface area contributed by atoms with Crippen molar-refractivity contribution in [3.8, 4) is 0 Å². The molecule has 6 nitrogen and oxygen atoms in total. The van der Waals surface area contributed by atoms with Crippen molar-refractivity contribution >= 4 is 17.5 Å². The molecule has 2 fully saturated rings. The summed E-state index contributed by atoms with van der Waals surface area (Å²) in [7, 11) is 0. The van der Waals surface area contributed by atoms with Crippen molar-refractivity contribution in [3.63, 3.8) is 0 Å². The molecule has 2 heterocycles. The van der Waals surface area contributed by atoms with Gasteiger partial charge in [-0.15, -0.1) is 0 Å². The molecule has 2 saturated heterocycles. The smallest absolute Gasteiger partial charge is 0.227 e. The minimum absolute atomic E-state index is 0.0834. The molecule has 1 aromatic carbocycles. The van der Waals surface area contributed by atoms with Crippen molar-refractivity contribution in [2.24, 2.45) is 5.92 Å². The number of hydrogen-bond donors (Lipinski definition) is 1. The van der Waals surface area contributed by atoms with E-state index in [1.165, 1.54) is 12.1 Å². The summed E-state index contributed by atoms with van der Waals surface area (Å²) in [4.78, 5) is 28.3. The van der Waals surface area contributed by atoms with Crippen molar-refractivity contribution in [2.75, 3.05) is 50.8 Å². The number of carbonyl (C=O) groups is 2. The maximum absolute atomic E-state index is 13.0. The molecule has 0 aliphatic carbocycles. The van der Waals surface area contributed by atoms with Gasteiger partial charge in [-0.05, 0) is 37.2 Å². The Morgan fingerprint density at radius 2 is 1.96 bits per heavy atom. The SMILES string of the molecule is O=C(NCCCN1CCOCC1)[C@H]1CC(=O)N(c2ccc(F)cc2)C1. The Hall–Kier alpha value is -1.99. The van der Waals surface area contributed by atoms with Gasteiger partial charge in [-0.3, -0.25) is 14.5 Å². The van der Waals surface area contributed by atoms with E-state index in [2.05, 4.69) is 10.2 Å². The number of nitrogens with one attached hydrogen (secondary N) is 1. The molecule has 2 amide bonds. The number of morpholine rings is 1. The van der Waals surface area contributed by atoms with Crippen molar-refractivity contribution in [2.45, 2.75) is 12.8 Å². The van der Waals surface area contributed by atoms with Crippen LogP contribution in [-0.4, -0.2) is 62.7 Å². The van der Waals surface area contributed by atoms with Crippen molar-refractivity contribution in [1.29, 1.82) is 0 Å². The van der Waals surface area contributed by atoms with Gasteiger partial charge in [-0.25, -0.2) is 4.39 Å². The predicted octanol–water partition coefficient (Wildman–Crippen LogP) is 1.02. The molecule has 2 aliphatic rings. The van der Waals surface area contributed by atoms with Crippen LogP contribution in [0.4, 0.5) is 10.1 Å². The summed E-state index contributed by atoms with van der Waals surface area (Å²) in [5.41, 5.74) is 0.633. The normalized spacial score (nSPS) is 21.6. The first-order chi connectivity index (χ1) is 12.1. The van der Waals surface area contributed by atoms with Gasteiger partial charge in [0.2, 0.25) is 11.8 Å². The summed E-state index contributed by atoms with van der Waals surface area (Å²) in [6.07, 6.45) is 1.08. The predicted molar refractivity (Wildman–Crippen MR) is 91.7 cm³/mol. The average molecular weight is 349 g/mol. The molecule has 25 heavy (non-hydrogen) atoms. The molecule has 0 radical (unpaired) electrons. The van der Waals surface area contributed by atoms with Gasteiger partial charge < -0.3 is 15.0 Å². The van der Waals surface area contributed by atoms with Crippen LogP contribution < -0.4 is 10.2 Å². The molecule has 2 aliphatic heterocycles. The lowest BCUT2D eigenvalue weighted by Crippen LogP contribution is -2.39. The highest BCUT2D eigenvalue weighted by atomic mass is 19.1. The molecule has 136 valence electrons. The van der Waals surface area contributed by atoms with Gasteiger partial charge in [0.25, 0.3) is 0 Å². The maximum Gasteiger partial charge on any atom is 0.227 e. The van der Waals surface area contributed by atoms with Crippen LogP contribution >= 0.6 is 0 Å². The fourth-order valence-electron chi connectivity index (χ4n) is 3.24. The fourth-order valence-corrected chi connectivity index (χ4v) is 3.24. The number of benzene rings is 1. The fraction of sp³-hybridized carbons (Fsp3) is 0.556. The zero-order chi connectivity index (χ0) is 17.6. The summed E-state index contributed by atoms with van der Waals surface area (Å²) in [5.74, 6) is -0.870. The third-order valence-electron chi connectivity index (χ3n) is 4.69. The summed E-state index contributed by atoms with van der Waals surface area (Å²) in [6, 6.07) is 5.77. The number of amides is 2. The molecule has 1 N–H and O–H groups in total. The third kappa shape index (κ3) is 4.76. The lowest BCUT2D eigenvalue weighted by Gasteiger charge is -2.26. The van der Waals surface area contributed by atoms with Gasteiger partial charge in [0, 0.05) is 38.3 Å². The summed E-state index contributed by atoms with van der Waals surface area (Å²) in [6.45, 7) is 5.33. The average Bonchev–Trinajstić information content (AvgIpc) is 3.02. The number of anilines is 1. The maximum atomic E-state index is 13.0. The molecule has 7 heteroatoms. The molecule has 0 unspecified atom stereocenters. The molecular formula is C18H24FN3O3. The standard InChI is InChI=1S/C18H24FN3O3/c19-15-2-4-16(5-3-15)22-13-14(12-17(22)23)18(24)20-6-1-7-21-8-10-25-11-9-21/h2-5,14H,1,6-13H2,(H,20,24)/t14-/m0/s1. The van der Waals surface area contributed by atoms with Gasteiger partial charge in [-0.2, -0.15) is 0 Å². The van der Waals surface area contributed by atoms with Gasteiger partial charge in [0.1, 0.15) is 5.82 Å². The zero-order valence-electron chi connectivity index (χ0n) is 14.2. The van der Waals surface area contributed by atoms with Crippen LogP contribution in [0, 0.1) is 11.7 Å². The molecule has 0 bridgehead atoms. The van der Waals surface area contributed by atoms with E-state index in [9.17, 15) is 14.0 Å². The highest BCUT2D eigenvalue weighted by molar-refractivity contribution is 6.00. The third-order valence-corrected chi connectivity index (χ3v) is 4.69. The van der Waals surface area contributed by atoms with Crippen molar-refractivity contribution < 1.29 is 18.7 Å². The van der Waals surface area contributed by atoms with Crippen LogP contribution in [0.5, 0.6) is 0 Å². The van der Waals surface area contributed by atoms with Crippen molar-refractivity contribution in [3.05, 3.63) is 30.1 Å². The highest BCUT2D eigenvalue weighted by Gasteiger charge is 2.34. The Morgan fingerprint density at radius 3 is 2.68 bits per heavy atom. The Labute approximate surface area is 146 Å². The molecular weight excluding hydrogens is 325 g/mol. The molecule has 3 rings (SSSR count). The van der Waals surface area contributed by atoms with Crippen molar-refractivity contribution in [1.82, 2.24) is 10.2 Å². The van der Waals surface area contributed by atoms with Gasteiger partial charge >= 0.3 is 0 Å². The van der Waals surface area contributed by atoms with Crippen LogP contribution in [0.15, 0.2) is 24.3 Å². The first kappa shape index (κ1) is 17.8. The number of ether oxygens (including phenoxy) is 1. The number of carbonyl (C=O) groups excluding carboxylic acids is 2. The van der Waals surface area contributed by atoms with Crippen LogP contribution in [0.25, 0.3) is 0 Å². The summed E-state index contributed by atoms with van der Waals surface area (Å²) >= 11 is 0. The molecule has 1 atom stereocenters. The molecule has 1 aromatic rings. The summed E-state index contributed by atoms with van der Waals surface area (Å²) < 4.78 is 18.3. The molecule has 0 aromatic heterocycles. The van der Waals surface area contributed by atoms with Crippen LogP contribution in [0.1, 0.15) is 12.8 Å². The second kappa shape index (κ2) is 8.40. The number of hydrogen-bond acceptors (Lipinski definition) is 4. The van der Waals surface area contributed by atoms with E-state index in [-0.39, 0.29) is 30.0 Å².